The second-order valence-electron chi connectivity index (χ2n) is 6.42. The summed E-state index contributed by atoms with van der Waals surface area (Å²) < 4.78 is 5.43. The maximum atomic E-state index is 12.3. The SMILES string of the molecule is CC(C)(C)OC(=O)C1(C)CC(=O)N1Cc1ccccc1. The van der Waals surface area contributed by atoms with Crippen molar-refractivity contribution >= 4 is 11.9 Å². The van der Waals surface area contributed by atoms with E-state index < -0.39 is 11.1 Å². The molecule has 1 aliphatic heterocycles. The molecule has 1 fully saturated rings. The van der Waals surface area contributed by atoms with Gasteiger partial charge in [-0.15, -0.1) is 0 Å². The number of esters is 1. The molecule has 0 aromatic heterocycles. The standard InChI is InChI=1S/C16H21NO3/c1-15(2,3)20-14(19)16(4)10-13(18)17(16)11-12-8-6-5-7-9-12/h5-9H,10-11H2,1-4H3. The van der Waals surface area contributed by atoms with Gasteiger partial charge in [-0.25, -0.2) is 4.79 Å². The first kappa shape index (κ1) is 14.6. The third-order valence-electron chi connectivity index (χ3n) is 3.41. The van der Waals surface area contributed by atoms with Crippen LogP contribution in [0.3, 0.4) is 0 Å². The van der Waals surface area contributed by atoms with Crippen LogP contribution in [0.2, 0.25) is 0 Å². The van der Waals surface area contributed by atoms with Gasteiger partial charge in [0.1, 0.15) is 11.1 Å². The van der Waals surface area contributed by atoms with Crippen LogP contribution in [0.4, 0.5) is 0 Å². The van der Waals surface area contributed by atoms with Gasteiger partial charge >= 0.3 is 5.97 Å². The molecule has 0 aliphatic carbocycles. The van der Waals surface area contributed by atoms with Crippen molar-refractivity contribution in [3.8, 4) is 0 Å². The molecule has 0 radical (unpaired) electrons. The number of rotatable bonds is 3. The highest BCUT2D eigenvalue weighted by Crippen LogP contribution is 2.35. The Morgan fingerprint density at radius 1 is 1.30 bits per heavy atom. The summed E-state index contributed by atoms with van der Waals surface area (Å²) in [6, 6.07) is 9.66. The van der Waals surface area contributed by atoms with Gasteiger partial charge < -0.3 is 9.64 Å². The second-order valence-corrected chi connectivity index (χ2v) is 6.42. The minimum Gasteiger partial charge on any atom is -0.458 e. The van der Waals surface area contributed by atoms with E-state index in [9.17, 15) is 9.59 Å². The maximum Gasteiger partial charge on any atom is 0.332 e. The van der Waals surface area contributed by atoms with E-state index >= 15 is 0 Å². The average Bonchev–Trinajstić information content (AvgIpc) is 2.35. The van der Waals surface area contributed by atoms with Gasteiger partial charge in [0.2, 0.25) is 5.91 Å². The molecule has 0 spiro atoms. The number of likely N-dealkylation sites (tertiary alicyclic amines) is 1. The van der Waals surface area contributed by atoms with Gasteiger partial charge in [0.15, 0.2) is 0 Å². The smallest absolute Gasteiger partial charge is 0.332 e. The number of amides is 1. The fourth-order valence-corrected chi connectivity index (χ4v) is 2.27. The van der Waals surface area contributed by atoms with Gasteiger partial charge in [-0.3, -0.25) is 4.79 Å². The molecule has 1 aromatic carbocycles. The number of hydrogen-bond acceptors (Lipinski definition) is 3. The zero-order chi connectivity index (χ0) is 15.0. The van der Waals surface area contributed by atoms with Crippen molar-refractivity contribution in [2.75, 3.05) is 0 Å². The lowest BCUT2D eigenvalue weighted by molar-refractivity contribution is -0.186. The molecule has 0 bridgehead atoms. The molecule has 108 valence electrons. The number of benzene rings is 1. The third kappa shape index (κ3) is 2.84. The van der Waals surface area contributed by atoms with Crippen LogP contribution >= 0.6 is 0 Å². The molecular weight excluding hydrogens is 254 g/mol. The molecule has 20 heavy (non-hydrogen) atoms. The predicted molar refractivity (Wildman–Crippen MR) is 75.9 cm³/mol. The molecule has 1 heterocycles. The normalized spacial score (nSPS) is 22.4. The summed E-state index contributed by atoms with van der Waals surface area (Å²) in [5, 5.41) is 0. The summed E-state index contributed by atoms with van der Waals surface area (Å²) in [5.74, 6) is -0.345. The van der Waals surface area contributed by atoms with Crippen molar-refractivity contribution in [2.24, 2.45) is 0 Å². The van der Waals surface area contributed by atoms with Crippen LogP contribution in [0.5, 0.6) is 0 Å². The minimum absolute atomic E-state index is 0.0118. The predicted octanol–water partition coefficient (Wildman–Crippen LogP) is 2.52. The Labute approximate surface area is 119 Å². The summed E-state index contributed by atoms with van der Waals surface area (Å²) in [6.45, 7) is 7.70. The van der Waals surface area contributed by atoms with Crippen LogP contribution in [0.1, 0.15) is 39.7 Å². The molecule has 1 unspecified atom stereocenters. The van der Waals surface area contributed by atoms with E-state index in [0.717, 1.165) is 5.56 Å². The highest BCUT2D eigenvalue weighted by atomic mass is 16.6. The molecule has 1 aromatic rings. The van der Waals surface area contributed by atoms with E-state index in [1.54, 1.807) is 11.8 Å². The monoisotopic (exact) mass is 275 g/mol. The van der Waals surface area contributed by atoms with E-state index in [4.69, 9.17) is 4.74 Å². The summed E-state index contributed by atoms with van der Waals surface area (Å²) in [4.78, 5) is 25.7. The zero-order valence-corrected chi connectivity index (χ0v) is 12.5. The Kier molecular flexibility index (Phi) is 3.59. The zero-order valence-electron chi connectivity index (χ0n) is 12.5. The van der Waals surface area contributed by atoms with Gasteiger partial charge in [0.25, 0.3) is 0 Å². The molecule has 1 aliphatic rings. The number of ether oxygens (including phenoxy) is 1. The van der Waals surface area contributed by atoms with E-state index in [1.165, 1.54) is 0 Å². The Morgan fingerprint density at radius 3 is 2.40 bits per heavy atom. The van der Waals surface area contributed by atoms with Crippen molar-refractivity contribution in [1.29, 1.82) is 0 Å². The Bertz CT molecular complexity index is 518. The fraction of sp³-hybridized carbons (Fsp3) is 0.500. The minimum atomic E-state index is -0.847. The second kappa shape index (κ2) is 4.93. The Balaban J connectivity index is 2.12. The highest BCUT2D eigenvalue weighted by molar-refractivity contribution is 5.98. The molecular formula is C16H21NO3. The van der Waals surface area contributed by atoms with Crippen molar-refractivity contribution in [2.45, 2.75) is 51.8 Å². The quantitative estimate of drug-likeness (QED) is 0.629. The third-order valence-corrected chi connectivity index (χ3v) is 3.41. The van der Waals surface area contributed by atoms with Crippen molar-refractivity contribution in [3.63, 3.8) is 0 Å². The number of nitrogens with zero attached hydrogens (tertiary/aromatic N) is 1. The molecule has 1 saturated heterocycles. The van der Waals surface area contributed by atoms with Crippen molar-refractivity contribution in [3.05, 3.63) is 35.9 Å². The maximum absolute atomic E-state index is 12.3. The number of carbonyl (C=O) groups excluding carboxylic acids is 2. The number of carbonyl (C=O) groups is 2. The highest BCUT2D eigenvalue weighted by Gasteiger charge is 2.54. The lowest BCUT2D eigenvalue weighted by Crippen LogP contribution is -2.66. The van der Waals surface area contributed by atoms with Crippen LogP contribution in [-0.4, -0.2) is 27.9 Å². The van der Waals surface area contributed by atoms with Crippen LogP contribution in [0.15, 0.2) is 30.3 Å². The molecule has 2 rings (SSSR count). The fourth-order valence-electron chi connectivity index (χ4n) is 2.27. The number of β-lactam (4-membered cyclic amide) rings is 1. The summed E-state index contributed by atoms with van der Waals surface area (Å²) in [5.41, 5.74) is -0.382. The molecule has 4 nitrogen and oxygen atoms in total. The first-order valence-corrected chi connectivity index (χ1v) is 6.80. The lowest BCUT2D eigenvalue weighted by atomic mass is 9.85. The van der Waals surface area contributed by atoms with Gasteiger partial charge in [-0.1, -0.05) is 30.3 Å². The van der Waals surface area contributed by atoms with Crippen LogP contribution in [0, 0.1) is 0 Å². The summed E-state index contributed by atoms with van der Waals surface area (Å²) in [6.07, 6.45) is 0.217. The topological polar surface area (TPSA) is 46.6 Å². The van der Waals surface area contributed by atoms with Crippen molar-refractivity contribution in [1.82, 2.24) is 4.90 Å². The van der Waals surface area contributed by atoms with E-state index in [2.05, 4.69) is 0 Å². The first-order chi connectivity index (χ1) is 9.22. The molecule has 0 saturated carbocycles. The molecule has 0 N–H and O–H groups in total. The van der Waals surface area contributed by atoms with E-state index in [1.807, 2.05) is 51.1 Å². The van der Waals surface area contributed by atoms with Crippen LogP contribution in [-0.2, 0) is 20.9 Å². The molecule has 4 heteroatoms. The first-order valence-electron chi connectivity index (χ1n) is 6.80. The van der Waals surface area contributed by atoms with E-state index in [0.29, 0.717) is 6.54 Å². The molecule has 1 atom stereocenters. The molecule has 1 amide bonds. The largest absolute Gasteiger partial charge is 0.458 e. The van der Waals surface area contributed by atoms with E-state index in [-0.39, 0.29) is 18.3 Å². The van der Waals surface area contributed by atoms with Crippen LogP contribution < -0.4 is 0 Å². The summed E-state index contributed by atoms with van der Waals surface area (Å²) >= 11 is 0. The van der Waals surface area contributed by atoms with Gasteiger partial charge in [0.05, 0.1) is 6.42 Å². The van der Waals surface area contributed by atoms with Crippen molar-refractivity contribution < 1.29 is 14.3 Å². The number of hydrogen-bond donors (Lipinski definition) is 0. The Morgan fingerprint density at radius 2 is 1.90 bits per heavy atom. The Hall–Kier alpha value is -1.84. The van der Waals surface area contributed by atoms with Gasteiger partial charge in [-0.05, 0) is 33.3 Å². The average molecular weight is 275 g/mol. The van der Waals surface area contributed by atoms with Gasteiger partial charge in [-0.2, -0.15) is 0 Å². The summed E-state index contributed by atoms with van der Waals surface area (Å²) in [7, 11) is 0. The van der Waals surface area contributed by atoms with Gasteiger partial charge in [0, 0.05) is 6.54 Å². The van der Waals surface area contributed by atoms with Crippen LogP contribution in [0.25, 0.3) is 0 Å². The lowest BCUT2D eigenvalue weighted by Gasteiger charge is -2.48.